The van der Waals surface area contributed by atoms with E-state index in [1.54, 1.807) is 6.08 Å². The van der Waals surface area contributed by atoms with Crippen molar-refractivity contribution in [2.24, 2.45) is 40.4 Å². The Kier molecular flexibility index (Phi) is 4.07. The molecule has 0 spiro atoms. The van der Waals surface area contributed by atoms with Gasteiger partial charge in [0.05, 0.1) is 12.2 Å². The van der Waals surface area contributed by atoms with E-state index < -0.39 is 0 Å². The van der Waals surface area contributed by atoms with Gasteiger partial charge < -0.3 is 5.11 Å². The first kappa shape index (κ1) is 16.6. The maximum Gasteiger partial charge on any atom is 0.0908 e. The average molecular weight is 328 g/mol. The van der Waals surface area contributed by atoms with E-state index >= 15 is 0 Å². The molecular weight excluding hydrogens is 294 g/mol. The number of aliphatic hydroxyl groups excluding tert-OH is 1. The van der Waals surface area contributed by atoms with Crippen LogP contribution in [0.1, 0.15) is 71.6 Å². The molecule has 8 atom stereocenters. The summed E-state index contributed by atoms with van der Waals surface area (Å²) in [5.74, 6) is 3.99. The number of hydrogen-bond acceptors (Lipinski definition) is 2. The summed E-state index contributed by atoms with van der Waals surface area (Å²) in [4.78, 5) is 0. The fourth-order valence-electron chi connectivity index (χ4n) is 7.75. The van der Waals surface area contributed by atoms with E-state index in [0.29, 0.717) is 16.7 Å². The van der Waals surface area contributed by atoms with E-state index in [1.807, 2.05) is 0 Å². The van der Waals surface area contributed by atoms with Gasteiger partial charge in [-0.15, -0.1) is 0 Å². The second-order valence-electron chi connectivity index (χ2n) is 9.80. The van der Waals surface area contributed by atoms with E-state index in [0.717, 1.165) is 36.5 Å². The zero-order valence-corrected chi connectivity index (χ0v) is 15.4. The first-order valence-electron chi connectivity index (χ1n) is 10.2. The van der Waals surface area contributed by atoms with Gasteiger partial charge in [-0.3, -0.25) is 0 Å². The maximum atomic E-state index is 10.1. The minimum atomic E-state index is -0.0412. The summed E-state index contributed by atoms with van der Waals surface area (Å²) in [5.41, 5.74) is 0.899. The molecule has 0 aromatic rings. The number of nitriles is 1. The summed E-state index contributed by atoms with van der Waals surface area (Å²) < 4.78 is 0. The van der Waals surface area contributed by atoms with Crippen LogP contribution in [0, 0.1) is 51.8 Å². The Bertz CT molecular complexity index is 563. The van der Waals surface area contributed by atoms with Crippen LogP contribution in [0.3, 0.4) is 0 Å². The standard InChI is InChI=1S/C22H33NO/c1-21-12-10-20-18(19(21)8-6-15(21)4-3-13-23)7-5-16-14-17(24)9-11-22(16,20)2/h3-4,15-20,24H,5-12,14H2,1-2H3/b4-3+/t15-,16+,17-,18-,19-,20-,21+,22-/m0/s1. The lowest BCUT2D eigenvalue weighted by Crippen LogP contribution is -2.53. The van der Waals surface area contributed by atoms with Crippen molar-refractivity contribution in [2.45, 2.75) is 77.7 Å². The Morgan fingerprint density at radius 3 is 2.50 bits per heavy atom. The summed E-state index contributed by atoms with van der Waals surface area (Å²) in [6, 6.07) is 2.21. The van der Waals surface area contributed by atoms with Crippen molar-refractivity contribution in [1.29, 1.82) is 5.26 Å². The van der Waals surface area contributed by atoms with Gasteiger partial charge in [-0.05, 0) is 98.2 Å². The molecule has 132 valence electrons. The van der Waals surface area contributed by atoms with Gasteiger partial charge in [0.1, 0.15) is 0 Å². The number of hydrogen-bond donors (Lipinski definition) is 1. The van der Waals surface area contributed by atoms with Gasteiger partial charge in [0.15, 0.2) is 0 Å². The van der Waals surface area contributed by atoms with Crippen molar-refractivity contribution in [1.82, 2.24) is 0 Å². The maximum absolute atomic E-state index is 10.1. The van der Waals surface area contributed by atoms with Crippen LogP contribution in [0.5, 0.6) is 0 Å². The number of rotatable bonds is 1. The highest BCUT2D eigenvalue weighted by Gasteiger charge is 2.59. The molecule has 4 saturated carbocycles. The Morgan fingerprint density at radius 2 is 1.71 bits per heavy atom. The second kappa shape index (κ2) is 5.87. The summed E-state index contributed by atoms with van der Waals surface area (Å²) in [7, 11) is 0. The normalized spacial score (nSPS) is 53.9. The molecule has 0 unspecified atom stereocenters. The molecule has 4 aliphatic carbocycles. The number of fused-ring (bicyclic) bond motifs is 5. The Morgan fingerprint density at radius 1 is 0.958 bits per heavy atom. The van der Waals surface area contributed by atoms with Gasteiger partial charge in [-0.1, -0.05) is 19.9 Å². The van der Waals surface area contributed by atoms with Crippen LogP contribution >= 0.6 is 0 Å². The molecule has 0 radical (unpaired) electrons. The van der Waals surface area contributed by atoms with E-state index in [1.165, 1.54) is 44.9 Å². The molecule has 0 saturated heterocycles. The molecule has 4 fully saturated rings. The smallest absolute Gasteiger partial charge is 0.0908 e. The molecule has 0 aromatic carbocycles. The number of allylic oxidation sites excluding steroid dienone is 2. The van der Waals surface area contributed by atoms with Crippen molar-refractivity contribution < 1.29 is 5.11 Å². The number of nitrogens with zero attached hydrogens (tertiary/aromatic N) is 1. The first-order valence-corrected chi connectivity index (χ1v) is 10.2. The van der Waals surface area contributed by atoms with Crippen molar-refractivity contribution in [3.05, 3.63) is 12.2 Å². The van der Waals surface area contributed by atoms with Gasteiger partial charge in [0.25, 0.3) is 0 Å². The predicted octanol–water partition coefficient (Wildman–Crippen LogP) is 5.09. The first-order chi connectivity index (χ1) is 11.5. The van der Waals surface area contributed by atoms with Crippen molar-refractivity contribution in [3.63, 3.8) is 0 Å². The van der Waals surface area contributed by atoms with Crippen LogP contribution in [0.4, 0.5) is 0 Å². The van der Waals surface area contributed by atoms with E-state index in [2.05, 4.69) is 26.0 Å². The fourth-order valence-corrected chi connectivity index (χ4v) is 7.75. The highest BCUT2D eigenvalue weighted by Crippen LogP contribution is 2.67. The zero-order valence-electron chi connectivity index (χ0n) is 15.4. The monoisotopic (exact) mass is 327 g/mol. The minimum Gasteiger partial charge on any atom is -0.393 e. The average Bonchev–Trinajstić information content (AvgIpc) is 2.90. The molecule has 24 heavy (non-hydrogen) atoms. The van der Waals surface area contributed by atoms with Crippen LogP contribution in [0.25, 0.3) is 0 Å². The van der Waals surface area contributed by atoms with Gasteiger partial charge in [-0.2, -0.15) is 5.26 Å². The lowest BCUT2D eigenvalue weighted by atomic mass is 9.44. The Labute approximate surface area is 147 Å². The largest absolute Gasteiger partial charge is 0.393 e. The molecule has 4 aliphatic rings. The quantitative estimate of drug-likeness (QED) is 0.682. The van der Waals surface area contributed by atoms with Crippen LogP contribution in [0.15, 0.2) is 12.2 Å². The molecule has 4 rings (SSSR count). The summed E-state index contributed by atoms with van der Waals surface area (Å²) in [6.45, 7) is 5.08. The van der Waals surface area contributed by atoms with Crippen LogP contribution in [-0.2, 0) is 0 Å². The molecule has 0 aromatic heterocycles. The third-order valence-electron chi connectivity index (χ3n) is 9.11. The second-order valence-corrected chi connectivity index (χ2v) is 9.80. The highest BCUT2D eigenvalue weighted by atomic mass is 16.3. The third-order valence-corrected chi connectivity index (χ3v) is 9.11. The zero-order chi connectivity index (χ0) is 16.9. The number of aliphatic hydroxyl groups is 1. The molecule has 2 nitrogen and oxygen atoms in total. The van der Waals surface area contributed by atoms with Gasteiger partial charge in [0, 0.05) is 6.08 Å². The van der Waals surface area contributed by atoms with E-state index in [9.17, 15) is 5.11 Å². The van der Waals surface area contributed by atoms with Crippen molar-refractivity contribution >= 4 is 0 Å². The summed E-state index contributed by atoms with van der Waals surface area (Å²) in [5, 5.41) is 19.1. The van der Waals surface area contributed by atoms with Crippen LogP contribution in [0.2, 0.25) is 0 Å². The Balaban J connectivity index is 1.59. The van der Waals surface area contributed by atoms with Crippen LogP contribution < -0.4 is 0 Å². The third kappa shape index (κ3) is 2.31. The minimum absolute atomic E-state index is 0.0412. The van der Waals surface area contributed by atoms with Gasteiger partial charge >= 0.3 is 0 Å². The SMILES string of the molecule is C[C@]12CC[C@H](O)C[C@H]1CC[C@@H]1[C@@H]2CC[C@]2(C)[C@@H](/C=C/C#N)CC[C@@H]12. The molecule has 0 bridgehead atoms. The molecule has 2 heteroatoms. The molecular formula is C22H33NO. The summed E-state index contributed by atoms with van der Waals surface area (Å²) >= 11 is 0. The molecule has 0 heterocycles. The van der Waals surface area contributed by atoms with E-state index in [-0.39, 0.29) is 6.10 Å². The fraction of sp³-hybridized carbons (Fsp3) is 0.864. The topological polar surface area (TPSA) is 44.0 Å². The van der Waals surface area contributed by atoms with E-state index in [4.69, 9.17) is 5.26 Å². The lowest BCUT2D eigenvalue weighted by Gasteiger charge is -2.60. The molecule has 0 amide bonds. The van der Waals surface area contributed by atoms with Crippen molar-refractivity contribution in [3.8, 4) is 6.07 Å². The molecule has 1 N–H and O–H groups in total. The van der Waals surface area contributed by atoms with Crippen molar-refractivity contribution in [2.75, 3.05) is 0 Å². The Hall–Kier alpha value is -0.810. The van der Waals surface area contributed by atoms with Crippen LogP contribution in [-0.4, -0.2) is 11.2 Å². The molecule has 0 aliphatic heterocycles. The lowest BCUT2D eigenvalue weighted by molar-refractivity contribution is -0.124. The highest BCUT2D eigenvalue weighted by molar-refractivity contribution is 5.14. The summed E-state index contributed by atoms with van der Waals surface area (Å²) in [6.07, 6.45) is 15.3. The van der Waals surface area contributed by atoms with Gasteiger partial charge in [0.2, 0.25) is 0 Å². The van der Waals surface area contributed by atoms with Gasteiger partial charge in [-0.25, -0.2) is 0 Å². The predicted molar refractivity (Wildman–Crippen MR) is 96.0 cm³/mol.